The van der Waals surface area contributed by atoms with Crippen molar-refractivity contribution in [1.29, 1.82) is 0 Å². The second kappa shape index (κ2) is 8.46. The van der Waals surface area contributed by atoms with Gasteiger partial charge in [-0.25, -0.2) is 18.7 Å². The molecule has 0 saturated carbocycles. The van der Waals surface area contributed by atoms with Crippen molar-refractivity contribution >= 4 is 18.2 Å². The molecule has 1 aliphatic heterocycles. The maximum Gasteiger partial charge on any atom is 0.136 e. The molecule has 4 rings (SSSR count). The largest absolute Gasteiger partial charge is 0.349 e. The minimum Gasteiger partial charge on any atom is -0.349 e. The average molecular weight is 416 g/mol. The predicted octanol–water partition coefficient (Wildman–Crippen LogP) is 5.51. The number of rotatable bonds is 3. The lowest BCUT2D eigenvalue weighted by Gasteiger charge is -2.37. The zero-order valence-electron chi connectivity index (χ0n) is 16.7. The zero-order valence-corrected chi connectivity index (χ0v) is 17.6. The number of fused-ring (bicyclic) bond motifs is 1. The minimum atomic E-state index is -0.248. The SMILES string of the molecule is Cc1nc(Cc2ccc(F)cc2)nc(N2CCc3cc(F)ccc3C2C)c1C.Cl. The lowest BCUT2D eigenvalue weighted by molar-refractivity contribution is 0.591. The van der Waals surface area contributed by atoms with Crippen LogP contribution in [0.1, 0.15) is 46.7 Å². The highest BCUT2D eigenvalue weighted by molar-refractivity contribution is 5.85. The topological polar surface area (TPSA) is 29.0 Å². The number of anilines is 1. The van der Waals surface area contributed by atoms with Gasteiger partial charge >= 0.3 is 0 Å². The highest BCUT2D eigenvalue weighted by Crippen LogP contribution is 2.35. The Morgan fingerprint density at radius 2 is 1.69 bits per heavy atom. The number of aryl methyl sites for hydroxylation is 1. The van der Waals surface area contributed by atoms with Crippen molar-refractivity contribution in [2.24, 2.45) is 0 Å². The van der Waals surface area contributed by atoms with Gasteiger partial charge in [-0.2, -0.15) is 0 Å². The third-order valence-corrected chi connectivity index (χ3v) is 5.60. The molecule has 0 aliphatic carbocycles. The summed E-state index contributed by atoms with van der Waals surface area (Å²) in [4.78, 5) is 11.8. The molecule has 152 valence electrons. The Kier molecular flexibility index (Phi) is 6.18. The predicted molar refractivity (Wildman–Crippen MR) is 114 cm³/mol. The standard InChI is InChI=1S/C23H23F2N3.ClH/c1-14-15(2)26-22(12-17-4-6-19(24)7-5-17)27-23(14)28-11-10-18-13-20(25)8-9-21(18)16(28)3;/h4-9,13,16H,10-12H2,1-3H3;1H. The van der Waals surface area contributed by atoms with Crippen LogP contribution in [-0.4, -0.2) is 16.5 Å². The highest BCUT2D eigenvalue weighted by atomic mass is 35.5. The van der Waals surface area contributed by atoms with Gasteiger partial charge in [-0.1, -0.05) is 18.2 Å². The first-order valence-corrected chi connectivity index (χ1v) is 9.56. The summed E-state index contributed by atoms with van der Waals surface area (Å²) >= 11 is 0. The molecule has 0 N–H and O–H groups in total. The smallest absolute Gasteiger partial charge is 0.136 e. The Bertz CT molecular complexity index is 1020. The fraction of sp³-hybridized carbons (Fsp3) is 0.304. The number of nitrogens with zero attached hydrogens (tertiary/aromatic N) is 3. The highest BCUT2D eigenvalue weighted by Gasteiger charge is 2.27. The molecule has 0 bridgehead atoms. The van der Waals surface area contributed by atoms with Crippen LogP contribution in [-0.2, 0) is 12.8 Å². The molecule has 1 unspecified atom stereocenters. The summed E-state index contributed by atoms with van der Waals surface area (Å²) in [6, 6.07) is 11.6. The molecule has 3 aromatic rings. The summed E-state index contributed by atoms with van der Waals surface area (Å²) in [5, 5.41) is 0. The number of aromatic nitrogens is 2. The third kappa shape index (κ3) is 4.25. The maximum atomic E-state index is 13.6. The van der Waals surface area contributed by atoms with Gasteiger partial charge in [-0.15, -0.1) is 12.4 Å². The summed E-state index contributed by atoms with van der Waals surface area (Å²) in [7, 11) is 0. The van der Waals surface area contributed by atoms with Crippen LogP contribution in [0.15, 0.2) is 42.5 Å². The molecular formula is C23H24ClF2N3. The number of hydrogen-bond donors (Lipinski definition) is 0. The Morgan fingerprint density at radius 1 is 1.00 bits per heavy atom. The van der Waals surface area contributed by atoms with E-state index in [9.17, 15) is 8.78 Å². The Hall–Kier alpha value is -2.53. The molecule has 2 aromatic carbocycles. The molecule has 29 heavy (non-hydrogen) atoms. The van der Waals surface area contributed by atoms with E-state index < -0.39 is 0 Å². The van der Waals surface area contributed by atoms with E-state index in [1.54, 1.807) is 18.2 Å². The van der Waals surface area contributed by atoms with Gasteiger partial charge in [0, 0.05) is 24.2 Å². The molecule has 0 spiro atoms. The molecule has 0 amide bonds. The van der Waals surface area contributed by atoms with Crippen LogP contribution in [0.5, 0.6) is 0 Å². The lowest BCUT2D eigenvalue weighted by Crippen LogP contribution is -2.35. The molecule has 0 radical (unpaired) electrons. The van der Waals surface area contributed by atoms with Crippen molar-refractivity contribution in [3.63, 3.8) is 0 Å². The molecule has 2 heterocycles. The first kappa shape index (κ1) is 21.2. The van der Waals surface area contributed by atoms with Crippen molar-refractivity contribution in [3.8, 4) is 0 Å². The summed E-state index contributed by atoms with van der Waals surface area (Å²) in [5.74, 6) is 1.21. The van der Waals surface area contributed by atoms with Crippen LogP contribution < -0.4 is 4.90 Å². The van der Waals surface area contributed by atoms with Crippen LogP contribution in [0.3, 0.4) is 0 Å². The number of hydrogen-bond acceptors (Lipinski definition) is 3. The summed E-state index contributed by atoms with van der Waals surface area (Å²) < 4.78 is 26.8. The van der Waals surface area contributed by atoms with E-state index in [0.717, 1.165) is 52.6 Å². The Labute approximate surface area is 176 Å². The molecule has 1 aromatic heterocycles. The monoisotopic (exact) mass is 415 g/mol. The van der Waals surface area contributed by atoms with E-state index in [0.29, 0.717) is 6.42 Å². The fourth-order valence-electron chi connectivity index (χ4n) is 3.90. The van der Waals surface area contributed by atoms with E-state index in [4.69, 9.17) is 4.98 Å². The molecule has 0 fully saturated rings. The number of benzene rings is 2. The third-order valence-electron chi connectivity index (χ3n) is 5.60. The molecule has 6 heteroatoms. The van der Waals surface area contributed by atoms with E-state index in [2.05, 4.69) is 16.8 Å². The molecule has 3 nitrogen and oxygen atoms in total. The van der Waals surface area contributed by atoms with Crippen molar-refractivity contribution in [2.45, 2.75) is 39.7 Å². The van der Waals surface area contributed by atoms with Crippen molar-refractivity contribution in [2.75, 3.05) is 11.4 Å². The second-order valence-electron chi connectivity index (χ2n) is 7.44. The van der Waals surface area contributed by atoms with Crippen LogP contribution in [0, 0.1) is 25.5 Å². The maximum absolute atomic E-state index is 13.6. The second-order valence-corrected chi connectivity index (χ2v) is 7.44. The van der Waals surface area contributed by atoms with Gasteiger partial charge in [0.2, 0.25) is 0 Å². The quantitative estimate of drug-likeness (QED) is 0.565. The van der Waals surface area contributed by atoms with Gasteiger partial charge < -0.3 is 4.90 Å². The van der Waals surface area contributed by atoms with Crippen LogP contribution in [0.2, 0.25) is 0 Å². The first-order chi connectivity index (χ1) is 13.4. The van der Waals surface area contributed by atoms with Crippen molar-refractivity contribution < 1.29 is 8.78 Å². The zero-order chi connectivity index (χ0) is 19.8. The number of halogens is 3. The van der Waals surface area contributed by atoms with Crippen molar-refractivity contribution in [3.05, 3.63) is 87.9 Å². The van der Waals surface area contributed by atoms with E-state index >= 15 is 0 Å². The Morgan fingerprint density at radius 3 is 2.41 bits per heavy atom. The van der Waals surface area contributed by atoms with Crippen LogP contribution in [0.25, 0.3) is 0 Å². The normalized spacial score (nSPS) is 15.6. The van der Waals surface area contributed by atoms with E-state index in [-0.39, 0.29) is 30.1 Å². The lowest BCUT2D eigenvalue weighted by atomic mass is 9.93. The first-order valence-electron chi connectivity index (χ1n) is 9.56. The average Bonchev–Trinajstić information content (AvgIpc) is 2.67. The van der Waals surface area contributed by atoms with E-state index in [1.165, 1.54) is 18.2 Å². The van der Waals surface area contributed by atoms with Crippen LogP contribution >= 0.6 is 12.4 Å². The molecular weight excluding hydrogens is 392 g/mol. The molecule has 1 aliphatic rings. The van der Waals surface area contributed by atoms with Gasteiger partial charge in [0.15, 0.2) is 0 Å². The summed E-state index contributed by atoms with van der Waals surface area (Å²) in [5.41, 5.74) is 5.18. The van der Waals surface area contributed by atoms with Gasteiger partial charge in [-0.3, -0.25) is 0 Å². The Balaban J connectivity index is 0.00000240. The summed E-state index contributed by atoms with van der Waals surface area (Å²) in [6.45, 7) is 6.95. The minimum absolute atomic E-state index is 0. The van der Waals surface area contributed by atoms with Gasteiger partial charge in [0.05, 0.1) is 6.04 Å². The van der Waals surface area contributed by atoms with Crippen molar-refractivity contribution in [1.82, 2.24) is 9.97 Å². The van der Waals surface area contributed by atoms with Gasteiger partial charge in [0.25, 0.3) is 0 Å². The van der Waals surface area contributed by atoms with Gasteiger partial charge in [-0.05, 0) is 68.1 Å². The summed E-state index contributed by atoms with van der Waals surface area (Å²) in [6.07, 6.45) is 1.34. The fourth-order valence-corrected chi connectivity index (χ4v) is 3.90. The molecule has 0 saturated heterocycles. The van der Waals surface area contributed by atoms with Crippen LogP contribution in [0.4, 0.5) is 14.6 Å². The van der Waals surface area contributed by atoms with E-state index in [1.807, 2.05) is 19.9 Å². The molecule has 1 atom stereocenters. The van der Waals surface area contributed by atoms with Gasteiger partial charge in [0.1, 0.15) is 23.3 Å².